The van der Waals surface area contributed by atoms with Crippen LogP contribution in [0.15, 0.2) is 41.1 Å². The predicted molar refractivity (Wildman–Crippen MR) is 140 cm³/mol. The summed E-state index contributed by atoms with van der Waals surface area (Å²) in [4.78, 5) is 41.0. The van der Waals surface area contributed by atoms with Crippen molar-refractivity contribution in [2.75, 3.05) is 16.8 Å². The van der Waals surface area contributed by atoms with Crippen LogP contribution in [0.4, 0.5) is 23.9 Å². The first-order valence-corrected chi connectivity index (χ1v) is 12.9. The van der Waals surface area contributed by atoms with E-state index in [1.807, 2.05) is 18.3 Å². The molecule has 0 saturated carbocycles. The minimum atomic E-state index is -5.10. The second kappa shape index (κ2) is 15.8. The van der Waals surface area contributed by atoms with E-state index in [9.17, 15) is 32.7 Å². The molecule has 0 aliphatic rings. The van der Waals surface area contributed by atoms with Crippen molar-refractivity contribution in [2.24, 2.45) is 0 Å². The molecule has 1 unspecified atom stereocenters. The van der Waals surface area contributed by atoms with Crippen LogP contribution in [0.25, 0.3) is 0 Å². The summed E-state index contributed by atoms with van der Waals surface area (Å²) in [5, 5.41) is 22.3. The summed E-state index contributed by atoms with van der Waals surface area (Å²) in [6.45, 7) is 8.24. The molecule has 210 valence electrons. The first-order valence-electron chi connectivity index (χ1n) is 11.7. The maximum atomic E-state index is 13.1. The molecule has 0 aromatic carbocycles. The number of rotatable bonds is 14. The molecule has 0 aliphatic carbocycles. The third-order valence-electron chi connectivity index (χ3n) is 5.07. The number of alkyl halides is 3. The monoisotopic (exact) mass is 558 g/mol. The van der Waals surface area contributed by atoms with E-state index in [4.69, 9.17) is 5.11 Å². The van der Waals surface area contributed by atoms with E-state index in [0.29, 0.717) is 11.9 Å². The van der Waals surface area contributed by atoms with Crippen molar-refractivity contribution < 1.29 is 37.8 Å². The smallest absolute Gasteiger partial charge is 0.434 e. The fourth-order valence-electron chi connectivity index (χ4n) is 3.01. The first kappa shape index (κ1) is 32.7. The van der Waals surface area contributed by atoms with Crippen molar-refractivity contribution >= 4 is 35.7 Å². The predicted octanol–water partition coefficient (Wildman–Crippen LogP) is 5.92. The van der Waals surface area contributed by atoms with E-state index < -0.39 is 47.4 Å². The minimum Gasteiger partial charge on any atom is -0.480 e. The lowest BCUT2D eigenvalue weighted by Gasteiger charge is -2.15. The zero-order valence-corrected chi connectivity index (χ0v) is 22.5. The van der Waals surface area contributed by atoms with Crippen molar-refractivity contribution in [1.29, 1.82) is 0 Å². The summed E-state index contributed by atoms with van der Waals surface area (Å²) in [5.74, 6) is -3.53. The lowest BCUT2D eigenvalue weighted by atomic mass is 10.1. The van der Waals surface area contributed by atoms with Crippen LogP contribution in [0.1, 0.15) is 69.4 Å². The van der Waals surface area contributed by atoms with Gasteiger partial charge in [-0.05, 0) is 53.4 Å². The average molecular weight is 559 g/mol. The van der Waals surface area contributed by atoms with E-state index in [0.717, 1.165) is 31.3 Å². The third kappa shape index (κ3) is 12.7. The summed E-state index contributed by atoms with van der Waals surface area (Å²) in [7, 11) is 0. The first-order chi connectivity index (χ1) is 17.7. The van der Waals surface area contributed by atoms with Crippen molar-refractivity contribution in [3.05, 3.63) is 52.4 Å². The highest BCUT2D eigenvalue weighted by molar-refractivity contribution is 7.99. The van der Waals surface area contributed by atoms with Gasteiger partial charge in [-0.1, -0.05) is 34.9 Å². The van der Waals surface area contributed by atoms with Gasteiger partial charge in [-0.2, -0.15) is 24.9 Å². The van der Waals surface area contributed by atoms with E-state index in [-0.39, 0.29) is 5.75 Å². The van der Waals surface area contributed by atoms with Crippen molar-refractivity contribution in [3.63, 3.8) is 0 Å². The molecular formula is C25H33F3N4O5S. The number of hydrogen-bond acceptors (Lipinski definition) is 6. The largest absolute Gasteiger partial charge is 0.480 e. The van der Waals surface area contributed by atoms with Crippen LogP contribution in [0.2, 0.25) is 0 Å². The summed E-state index contributed by atoms with van der Waals surface area (Å²) in [5.41, 5.74) is 0.854. The van der Waals surface area contributed by atoms with Gasteiger partial charge in [0.1, 0.15) is 11.6 Å². The summed E-state index contributed by atoms with van der Waals surface area (Å²) in [6.07, 6.45) is 5.51. The summed E-state index contributed by atoms with van der Waals surface area (Å²) in [6, 6.07) is -2.48. The molecular weight excluding hydrogens is 525 g/mol. The van der Waals surface area contributed by atoms with Gasteiger partial charge in [0.25, 0.3) is 0 Å². The Morgan fingerprint density at radius 2 is 1.63 bits per heavy atom. The highest BCUT2D eigenvalue weighted by atomic mass is 32.2. The van der Waals surface area contributed by atoms with Crippen LogP contribution in [-0.4, -0.2) is 55.7 Å². The maximum Gasteiger partial charge on any atom is 0.434 e. The Morgan fingerprint density at radius 1 is 1.03 bits per heavy atom. The number of anilines is 1. The van der Waals surface area contributed by atoms with Gasteiger partial charge < -0.3 is 15.5 Å². The third-order valence-corrected chi connectivity index (χ3v) is 6.04. The van der Waals surface area contributed by atoms with E-state index in [1.165, 1.54) is 22.9 Å². The van der Waals surface area contributed by atoms with Crippen LogP contribution >= 0.6 is 11.8 Å². The standard InChI is InChI=1S/C25H33F3N4O5S/c1-15(2)7-5-8-16(3)9-6-10-17(4)11-12-38-14-19(22(35)36)30-24(37)32-23-29-13-18(21(33)34)20(31-23)25(26,27)28/h7,9,11,13,19H,5-6,8,10,12,14H2,1-4H3,(H,33,34)(H,35,36)(H2,29,30,31,32,37)/b16-9+,17-11+. The van der Waals surface area contributed by atoms with Crippen LogP contribution in [0, 0.1) is 0 Å². The number of carboxylic acids is 2. The lowest BCUT2D eigenvalue weighted by molar-refractivity contribution is -0.141. The lowest BCUT2D eigenvalue weighted by Crippen LogP contribution is -2.45. The fraction of sp³-hybridized carbons (Fsp3) is 0.480. The molecule has 1 aromatic rings. The van der Waals surface area contributed by atoms with Gasteiger partial charge in [-0.25, -0.2) is 24.4 Å². The SMILES string of the molecule is CC(C)=CCC/C(C)=C/CC/C(C)=C/CSCC(NC(=O)Nc1ncc(C(=O)O)c(C(F)(F)F)n1)C(=O)O. The van der Waals surface area contributed by atoms with Gasteiger partial charge in [0.05, 0.1) is 0 Å². The summed E-state index contributed by atoms with van der Waals surface area (Å²) < 4.78 is 39.2. The number of halogens is 3. The highest BCUT2D eigenvalue weighted by Gasteiger charge is 2.38. The van der Waals surface area contributed by atoms with Crippen LogP contribution < -0.4 is 10.6 Å². The van der Waals surface area contributed by atoms with Gasteiger partial charge in [-0.3, -0.25) is 5.32 Å². The molecule has 1 rings (SSSR count). The number of aromatic carboxylic acids is 1. The number of urea groups is 1. The molecule has 38 heavy (non-hydrogen) atoms. The molecule has 0 fully saturated rings. The van der Waals surface area contributed by atoms with Crippen molar-refractivity contribution in [2.45, 2.75) is 65.6 Å². The molecule has 0 aliphatic heterocycles. The molecule has 1 heterocycles. The number of amides is 2. The molecule has 1 atom stereocenters. The molecule has 0 bridgehead atoms. The van der Waals surface area contributed by atoms with Gasteiger partial charge in [0, 0.05) is 17.7 Å². The average Bonchev–Trinajstić information content (AvgIpc) is 2.79. The Balaban J connectivity index is 2.58. The molecule has 0 saturated heterocycles. The number of carbonyl (C=O) groups is 3. The number of carbonyl (C=O) groups excluding carboxylic acids is 1. The quantitative estimate of drug-likeness (QED) is 0.163. The molecule has 0 spiro atoms. The van der Waals surface area contributed by atoms with E-state index in [1.54, 1.807) is 0 Å². The second-order valence-corrected chi connectivity index (χ2v) is 9.82. The Bertz CT molecular complexity index is 1080. The van der Waals surface area contributed by atoms with Crippen LogP contribution in [0.3, 0.4) is 0 Å². The number of aromatic nitrogens is 2. The van der Waals surface area contributed by atoms with E-state index in [2.05, 4.69) is 48.2 Å². The Hall–Kier alpha value is -3.35. The molecule has 1 aromatic heterocycles. The Labute approximate surface area is 223 Å². The number of carboxylic acid groups (broad SMARTS) is 2. The molecule has 2 amide bonds. The Kier molecular flexibility index (Phi) is 13.6. The number of hydrogen-bond donors (Lipinski definition) is 4. The topological polar surface area (TPSA) is 142 Å². The van der Waals surface area contributed by atoms with Gasteiger partial charge >= 0.3 is 24.1 Å². The normalized spacial score (nSPS) is 13.0. The number of allylic oxidation sites excluding steroid dienone is 5. The molecule has 13 heteroatoms. The van der Waals surface area contributed by atoms with E-state index >= 15 is 0 Å². The van der Waals surface area contributed by atoms with Crippen LogP contribution in [0.5, 0.6) is 0 Å². The zero-order valence-electron chi connectivity index (χ0n) is 21.7. The summed E-state index contributed by atoms with van der Waals surface area (Å²) >= 11 is 1.26. The maximum absolute atomic E-state index is 13.1. The second-order valence-electron chi connectivity index (χ2n) is 8.75. The molecule has 9 nitrogen and oxygen atoms in total. The molecule has 4 N–H and O–H groups in total. The number of nitrogens with one attached hydrogen (secondary N) is 2. The number of nitrogens with zero attached hydrogens (tertiary/aromatic N) is 2. The minimum absolute atomic E-state index is 0.00250. The van der Waals surface area contributed by atoms with Crippen molar-refractivity contribution in [1.82, 2.24) is 15.3 Å². The molecule has 0 radical (unpaired) electrons. The number of aliphatic carboxylic acids is 1. The van der Waals surface area contributed by atoms with Gasteiger partial charge in [0.15, 0.2) is 5.69 Å². The van der Waals surface area contributed by atoms with Gasteiger partial charge in [0.2, 0.25) is 5.95 Å². The fourth-order valence-corrected chi connectivity index (χ4v) is 4.01. The zero-order chi connectivity index (χ0) is 28.9. The van der Waals surface area contributed by atoms with Gasteiger partial charge in [-0.15, -0.1) is 0 Å². The van der Waals surface area contributed by atoms with Crippen LogP contribution in [-0.2, 0) is 11.0 Å². The number of thioether (sulfide) groups is 1. The Morgan fingerprint density at radius 3 is 2.18 bits per heavy atom. The highest BCUT2D eigenvalue weighted by Crippen LogP contribution is 2.30. The van der Waals surface area contributed by atoms with Crippen molar-refractivity contribution in [3.8, 4) is 0 Å².